The van der Waals surface area contributed by atoms with Crippen LogP contribution in [0.3, 0.4) is 0 Å². The van der Waals surface area contributed by atoms with Gasteiger partial charge in [-0.05, 0) is 86.3 Å². The minimum atomic E-state index is -0.632. The predicted molar refractivity (Wildman–Crippen MR) is 141 cm³/mol. The fourth-order valence-corrected chi connectivity index (χ4v) is 5.31. The summed E-state index contributed by atoms with van der Waals surface area (Å²) in [6.07, 6.45) is 5.54. The van der Waals surface area contributed by atoms with Crippen LogP contribution in [-0.4, -0.2) is 42.5 Å². The summed E-state index contributed by atoms with van der Waals surface area (Å²) in [6.45, 7) is 7.28. The molecule has 1 aliphatic carbocycles. The lowest BCUT2D eigenvalue weighted by molar-refractivity contribution is -0.143. The smallest absolute Gasteiger partial charge is 0.306 e. The average molecular weight is 502 g/mol. The molecule has 3 rings (SSSR count). The second kappa shape index (κ2) is 13.3. The molecular weight excluding hydrogens is 462 g/mol. The second-order valence-electron chi connectivity index (χ2n) is 9.64. The number of β-amino-alcohol motifs (C(OH)–C–C–N with tert-alkyl or cyclic N) is 1. The zero-order valence-corrected chi connectivity index (χ0v) is 22.1. The van der Waals surface area contributed by atoms with E-state index in [9.17, 15) is 9.90 Å². The number of aliphatic hydroxyl groups is 1. The Morgan fingerprint density at radius 3 is 2.46 bits per heavy atom. The first-order valence-corrected chi connectivity index (χ1v) is 13.3. The van der Waals surface area contributed by atoms with Crippen molar-refractivity contribution in [1.82, 2.24) is 5.32 Å². The maximum atomic E-state index is 11.7. The largest absolute Gasteiger partial charge is 0.491 e. The van der Waals surface area contributed by atoms with Gasteiger partial charge in [-0.3, -0.25) is 4.79 Å². The van der Waals surface area contributed by atoms with Crippen molar-refractivity contribution < 1.29 is 19.4 Å². The summed E-state index contributed by atoms with van der Waals surface area (Å²) in [4.78, 5) is 11.7. The van der Waals surface area contributed by atoms with E-state index in [4.69, 9.17) is 21.1 Å². The number of rotatable bonds is 14. The number of benzene rings is 2. The van der Waals surface area contributed by atoms with E-state index in [1.165, 1.54) is 11.1 Å². The van der Waals surface area contributed by atoms with E-state index in [2.05, 4.69) is 43.4 Å². The molecule has 0 unspecified atom stereocenters. The van der Waals surface area contributed by atoms with Gasteiger partial charge in [0.15, 0.2) is 0 Å². The number of hydrogen-bond acceptors (Lipinski definition) is 5. The molecule has 2 N–H and O–H groups in total. The van der Waals surface area contributed by atoms with Crippen molar-refractivity contribution in [3.05, 3.63) is 64.2 Å². The van der Waals surface area contributed by atoms with Crippen LogP contribution < -0.4 is 10.1 Å². The zero-order valence-electron chi connectivity index (χ0n) is 21.3. The van der Waals surface area contributed by atoms with Crippen molar-refractivity contribution >= 4 is 17.6 Å². The van der Waals surface area contributed by atoms with E-state index in [0.717, 1.165) is 37.7 Å². The fourth-order valence-electron chi connectivity index (χ4n) is 5.10. The van der Waals surface area contributed by atoms with E-state index in [-0.39, 0.29) is 24.5 Å². The highest BCUT2D eigenvalue weighted by Gasteiger charge is 2.32. The fraction of sp³-hybridized carbons (Fsp3) is 0.552. The number of halogens is 1. The van der Waals surface area contributed by atoms with E-state index in [1.807, 2.05) is 6.07 Å². The molecule has 6 heteroatoms. The highest BCUT2D eigenvalue weighted by Crippen LogP contribution is 2.34. The summed E-state index contributed by atoms with van der Waals surface area (Å²) in [5.74, 6) is 1.02. The van der Waals surface area contributed by atoms with Gasteiger partial charge in [0, 0.05) is 23.5 Å². The van der Waals surface area contributed by atoms with Crippen LogP contribution in [-0.2, 0) is 28.8 Å². The Bertz CT molecular complexity index is 934. The minimum absolute atomic E-state index is 0.00816. The molecule has 0 aliphatic heterocycles. The van der Waals surface area contributed by atoms with E-state index in [1.54, 1.807) is 19.1 Å². The number of hydrogen-bond donors (Lipinski definition) is 2. The van der Waals surface area contributed by atoms with Gasteiger partial charge in [-0.15, -0.1) is 0 Å². The van der Waals surface area contributed by atoms with Crippen molar-refractivity contribution in [2.45, 2.75) is 77.4 Å². The van der Waals surface area contributed by atoms with Crippen LogP contribution in [0.5, 0.6) is 5.75 Å². The van der Waals surface area contributed by atoms with E-state index < -0.39 is 6.10 Å². The highest BCUT2D eigenvalue weighted by molar-refractivity contribution is 6.31. The van der Waals surface area contributed by atoms with Crippen LogP contribution in [0, 0.1) is 5.92 Å². The third-order valence-corrected chi connectivity index (χ3v) is 7.61. The Morgan fingerprint density at radius 2 is 1.83 bits per heavy atom. The molecule has 192 valence electrons. The lowest BCUT2D eigenvalue weighted by atomic mass is 9.81. The van der Waals surface area contributed by atoms with Gasteiger partial charge >= 0.3 is 5.97 Å². The molecule has 0 fully saturated rings. The van der Waals surface area contributed by atoms with Crippen molar-refractivity contribution in [2.24, 2.45) is 5.92 Å². The van der Waals surface area contributed by atoms with Crippen molar-refractivity contribution in [1.29, 1.82) is 0 Å². The molecular formula is C29H40ClNO4. The number of ether oxygens (including phenoxy) is 2. The Kier molecular flexibility index (Phi) is 10.4. The molecule has 0 spiro atoms. The topological polar surface area (TPSA) is 67.8 Å². The maximum Gasteiger partial charge on any atom is 0.306 e. The van der Waals surface area contributed by atoms with Crippen LogP contribution >= 0.6 is 11.6 Å². The average Bonchev–Trinajstić information content (AvgIpc) is 3.27. The number of nitrogens with one attached hydrogen (secondary N) is 1. The van der Waals surface area contributed by atoms with Crippen LogP contribution in [0.2, 0.25) is 5.02 Å². The van der Waals surface area contributed by atoms with E-state index >= 15 is 0 Å². The minimum Gasteiger partial charge on any atom is -0.491 e. The first-order chi connectivity index (χ1) is 16.9. The molecule has 0 amide bonds. The number of carbonyl (C=O) groups is 1. The number of aliphatic hydroxyl groups excluding tert-OH is 1. The van der Waals surface area contributed by atoms with E-state index in [0.29, 0.717) is 36.3 Å². The van der Waals surface area contributed by atoms with Gasteiger partial charge in [-0.2, -0.15) is 0 Å². The van der Waals surface area contributed by atoms with Crippen molar-refractivity contribution in [3.8, 4) is 5.75 Å². The number of fused-ring (bicyclic) bond motifs is 1. The van der Waals surface area contributed by atoms with Crippen LogP contribution in [0.4, 0.5) is 0 Å². The quantitative estimate of drug-likeness (QED) is 0.333. The van der Waals surface area contributed by atoms with Gasteiger partial charge in [0.05, 0.1) is 6.61 Å². The third kappa shape index (κ3) is 7.96. The SMILES string of the molecule is CCOC(=O)CCc1cc(OC[C@H](O)CNC(CC)(CC)CC2Cc3ccccc3C2)ccc1Cl. The number of carbonyl (C=O) groups excluding carboxylic acids is 1. The maximum absolute atomic E-state index is 11.7. The monoisotopic (exact) mass is 501 g/mol. The molecule has 1 atom stereocenters. The van der Waals surface area contributed by atoms with Crippen molar-refractivity contribution in [3.63, 3.8) is 0 Å². The number of aryl methyl sites for hydroxylation is 1. The molecule has 35 heavy (non-hydrogen) atoms. The summed E-state index contributed by atoms with van der Waals surface area (Å²) in [6, 6.07) is 14.2. The Hall–Kier alpha value is -2.08. The standard InChI is InChI=1S/C29H40ClNO4/c1-4-29(5-2,18-21-15-22-9-7-8-10-23(22)16-21)31-19-25(32)20-35-26-12-13-27(30)24(17-26)11-14-28(33)34-6-3/h7-10,12-13,17,21,25,31-32H,4-6,11,14-16,18-20H2,1-3H3/t25-/m1/s1. The molecule has 0 heterocycles. The summed E-state index contributed by atoms with van der Waals surface area (Å²) < 4.78 is 10.9. The molecule has 0 saturated carbocycles. The molecule has 0 aromatic heterocycles. The summed E-state index contributed by atoms with van der Waals surface area (Å²) >= 11 is 6.28. The lowest BCUT2D eigenvalue weighted by Crippen LogP contribution is -2.49. The van der Waals surface area contributed by atoms with Crippen molar-refractivity contribution in [2.75, 3.05) is 19.8 Å². The summed E-state index contributed by atoms with van der Waals surface area (Å²) in [7, 11) is 0. The van der Waals surface area contributed by atoms with Gasteiger partial charge < -0.3 is 19.9 Å². The van der Waals surface area contributed by atoms with Gasteiger partial charge in [-0.25, -0.2) is 0 Å². The Morgan fingerprint density at radius 1 is 1.14 bits per heavy atom. The number of esters is 1. The van der Waals surface area contributed by atoms with Gasteiger partial charge in [0.25, 0.3) is 0 Å². The third-order valence-electron chi connectivity index (χ3n) is 7.24. The first kappa shape index (κ1) is 27.5. The molecule has 5 nitrogen and oxygen atoms in total. The van der Waals surface area contributed by atoms with Gasteiger partial charge in [-0.1, -0.05) is 49.7 Å². The van der Waals surface area contributed by atoms with Crippen LogP contribution in [0.1, 0.15) is 63.1 Å². The van der Waals surface area contributed by atoms with Gasteiger partial charge in [0.1, 0.15) is 18.5 Å². The molecule has 0 saturated heterocycles. The summed E-state index contributed by atoms with van der Waals surface area (Å²) in [5.41, 5.74) is 3.81. The highest BCUT2D eigenvalue weighted by atomic mass is 35.5. The van der Waals surface area contributed by atoms with Crippen LogP contribution in [0.15, 0.2) is 42.5 Å². The molecule has 2 aromatic rings. The lowest BCUT2D eigenvalue weighted by Gasteiger charge is -2.36. The first-order valence-electron chi connectivity index (χ1n) is 12.9. The van der Waals surface area contributed by atoms with Crippen LogP contribution in [0.25, 0.3) is 0 Å². The Labute approximate surface area is 215 Å². The van der Waals surface area contributed by atoms with Gasteiger partial charge in [0.2, 0.25) is 0 Å². The molecule has 0 radical (unpaired) electrons. The zero-order chi connectivity index (χ0) is 25.3. The Balaban J connectivity index is 1.49. The normalized spacial score (nSPS) is 14.5. The summed E-state index contributed by atoms with van der Waals surface area (Å²) in [5, 5.41) is 14.9. The second-order valence-corrected chi connectivity index (χ2v) is 10.0. The molecule has 0 bridgehead atoms. The molecule has 1 aliphatic rings. The predicted octanol–water partition coefficient (Wildman–Crippen LogP) is 5.53. The molecule has 2 aromatic carbocycles.